The molecule has 1 aliphatic rings. The fourth-order valence-corrected chi connectivity index (χ4v) is 3.47. The molecule has 1 saturated heterocycles. The molecule has 150 valence electrons. The maximum Gasteiger partial charge on any atom is 0.329 e. The van der Waals surface area contributed by atoms with Crippen LogP contribution >= 0.6 is 0 Å². The Balaban J connectivity index is 2.04. The van der Waals surface area contributed by atoms with E-state index in [1.165, 1.54) is 10.6 Å². The second-order valence-corrected chi connectivity index (χ2v) is 7.91. The van der Waals surface area contributed by atoms with Crippen molar-refractivity contribution in [2.24, 2.45) is 0 Å². The van der Waals surface area contributed by atoms with Gasteiger partial charge < -0.3 is 15.4 Å². The minimum atomic E-state index is -3.22. The number of anilines is 2. The van der Waals surface area contributed by atoms with E-state index in [4.69, 9.17) is 4.74 Å². The smallest absolute Gasteiger partial charge is 0.329 e. The molecule has 2 rings (SSSR count). The Morgan fingerprint density at radius 1 is 1.44 bits per heavy atom. The number of nitro groups is 1. The SMILES string of the molecule is CCOC(=O)CNc1nc(NC2CCN(S(C)(=O)=O)CC2)ncc1[N+](=O)[O-]. The minimum absolute atomic E-state index is 0.0673. The van der Waals surface area contributed by atoms with Gasteiger partial charge in [-0.2, -0.15) is 4.98 Å². The number of carbonyl (C=O) groups excluding carboxylic acids is 1. The standard InChI is InChI=1S/C14H22N6O6S/c1-3-26-12(21)9-15-13-11(20(22)23)8-16-14(18-13)17-10-4-6-19(7-5-10)27(2,24)25/h8,10H,3-7,9H2,1-2H3,(H2,15,16,17,18). The maximum absolute atomic E-state index is 11.5. The highest BCUT2D eigenvalue weighted by atomic mass is 32.2. The van der Waals surface area contributed by atoms with Crippen LogP contribution in [0, 0.1) is 10.1 Å². The van der Waals surface area contributed by atoms with Crippen LogP contribution in [0.5, 0.6) is 0 Å². The zero-order chi connectivity index (χ0) is 20.0. The van der Waals surface area contributed by atoms with Crippen molar-refractivity contribution in [3.63, 3.8) is 0 Å². The van der Waals surface area contributed by atoms with Crippen molar-refractivity contribution in [3.05, 3.63) is 16.3 Å². The molecular formula is C14H22N6O6S. The average Bonchev–Trinajstić information content (AvgIpc) is 2.60. The topological polar surface area (TPSA) is 157 Å². The summed E-state index contributed by atoms with van der Waals surface area (Å²) in [5, 5.41) is 16.7. The first-order valence-corrected chi connectivity index (χ1v) is 10.2. The Hall–Kier alpha value is -2.54. The zero-order valence-corrected chi connectivity index (χ0v) is 15.9. The largest absolute Gasteiger partial charge is 0.465 e. The van der Waals surface area contributed by atoms with Crippen LogP contribution in [0.1, 0.15) is 19.8 Å². The van der Waals surface area contributed by atoms with Crippen LogP contribution in [-0.2, 0) is 19.6 Å². The third-order valence-corrected chi connectivity index (χ3v) is 5.23. The van der Waals surface area contributed by atoms with Gasteiger partial charge in [0, 0.05) is 19.1 Å². The lowest BCUT2D eigenvalue weighted by atomic mass is 10.1. The lowest BCUT2D eigenvalue weighted by Crippen LogP contribution is -2.42. The zero-order valence-electron chi connectivity index (χ0n) is 15.0. The normalized spacial score (nSPS) is 15.9. The number of sulfonamides is 1. The summed E-state index contributed by atoms with van der Waals surface area (Å²) in [5.74, 6) is -0.503. The summed E-state index contributed by atoms with van der Waals surface area (Å²) in [6, 6.07) is -0.0673. The van der Waals surface area contributed by atoms with Crippen LogP contribution in [-0.4, -0.2) is 72.1 Å². The van der Waals surface area contributed by atoms with Crippen LogP contribution < -0.4 is 10.6 Å². The fourth-order valence-electron chi connectivity index (χ4n) is 2.59. The predicted molar refractivity (Wildman–Crippen MR) is 96.9 cm³/mol. The summed E-state index contributed by atoms with van der Waals surface area (Å²) < 4.78 is 29.2. The van der Waals surface area contributed by atoms with E-state index in [1.54, 1.807) is 6.92 Å². The summed E-state index contributed by atoms with van der Waals surface area (Å²) in [6.45, 7) is 2.33. The Bertz CT molecular complexity index is 793. The molecule has 0 unspecified atom stereocenters. The van der Waals surface area contributed by atoms with Crippen molar-refractivity contribution < 1.29 is 22.9 Å². The highest BCUT2D eigenvalue weighted by molar-refractivity contribution is 7.88. The van der Waals surface area contributed by atoms with Crippen LogP contribution in [0.15, 0.2) is 6.20 Å². The molecule has 0 aliphatic carbocycles. The molecule has 1 aromatic heterocycles. The molecule has 1 fully saturated rings. The van der Waals surface area contributed by atoms with Gasteiger partial charge in [-0.1, -0.05) is 0 Å². The molecule has 0 aromatic carbocycles. The molecule has 12 nitrogen and oxygen atoms in total. The predicted octanol–water partition coefficient (Wildman–Crippen LogP) is 0.196. The highest BCUT2D eigenvalue weighted by Crippen LogP contribution is 2.23. The Labute approximate surface area is 156 Å². The monoisotopic (exact) mass is 402 g/mol. The first-order chi connectivity index (χ1) is 12.7. The number of carbonyl (C=O) groups is 1. The van der Waals surface area contributed by atoms with Crippen LogP contribution in [0.2, 0.25) is 0 Å². The molecule has 13 heteroatoms. The van der Waals surface area contributed by atoms with Gasteiger partial charge >= 0.3 is 11.7 Å². The Morgan fingerprint density at radius 3 is 2.67 bits per heavy atom. The van der Waals surface area contributed by atoms with E-state index in [0.717, 1.165) is 6.20 Å². The molecule has 27 heavy (non-hydrogen) atoms. The molecule has 0 radical (unpaired) electrons. The summed E-state index contributed by atoms with van der Waals surface area (Å²) in [4.78, 5) is 29.9. The van der Waals surface area contributed by atoms with Crippen molar-refractivity contribution in [2.45, 2.75) is 25.8 Å². The van der Waals surface area contributed by atoms with Gasteiger partial charge in [-0.15, -0.1) is 0 Å². The summed E-state index contributed by atoms with van der Waals surface area (Å²) in [6.07, 6.45) is 3.33. The second-order valence-electron chi connectivity index (χ2n) is 5.92. The number of nitrogens with zero attached hydrogens (tertiary/aromatic N) is 4. The number of esters is 1. The lowest BCUT2D eigenvalue weighted by Gasteiger charge is -2.30. The molecule has 0 spiro atoms. The first-order valence-electron chi connectivity index (χ1n) is 8.33. The van der Waals surface area contributed by atoms with Crippen molar-refractivity contribution >= 4 is 33.4 Å². The highest BCUT2D eigenvalue weighted by Gasteiger charge is 2.26. The van der Waals surface area contributed by atoms with E-state index in [-0.39, 0.29) is 36.6 Å². The number of rotatable bonds is 8. The fraction of sp³-hybridized carbons (Fsp3) is 0.643. The molecule has 2 heterocycles. The molecule has 0 bridgehead atoms. The molecule has 1 aliphatic heterocycles. The molecule has 2 N–H and O–H groups in total. The van der Waals surface area contributed by atoms with E-state index in [1.807, 2.05) is 0 Å². The molecule has 1 aromatic rings. The number of hydrogen-bond acceptors (Lipinski definition) is 10. The summed E-state index contributed by atoms with van der Waals surface area (Å²) in [7, 11) is -3.22. The van der Waals surface area contributed by atoms with E-state index < -0.39 is 20.9 Å². The van der Waals surface area contributed by atoms with Crippen molar-refractivity contribution in [1.29, 1.82) is 0 Å². The van der Waals surface area contributed by atoms with Gasteiger partial charge in [0.2, 0.25) is 21.8 Å². The van der Waals surface area contributed by atoms with E-state index in [2.05, 4.69) is 20.6 Å². The van der Waals surface area contributed by atoms with E-state index in [0.29, 0.717) is 25.9 Å². The number of nitrogens with one attached hydrogen (secondary N) is 2. The van der Waals surface area contributed by atoms with Gasteiger partial charge in [0.1, 0.15) is 12.7 Å². The quantitative estimate of drug-likeness (QED) is 0.349. The number of aromatic nitrogens is 2. The summed E-state index contributed by atoms with van der Waals surface area (Å²) >= 11 is 0. The van der Waals surface area contributed by atoms with Gasteiger partial charge in [-0.3, -0.25) is 14.9 Å². The van der Waals surface area contributed by atoms with Crippen LogP contribution in [0.4, 0.5) is 17.5 Å². The van der Waals surface area contributed by atoms with Crippen LogP contribution in [0.25, 0.3) is 0 Å². The number of piperidine rings is 1. The van der Waals surface area contributed by atoms with Gasteiger partial charge in [0.15, 0.2) is 0 Å². The third kappa shape index (κ3) is 5.99. The number of hydrogen-bond donors (Lipinski definition) is 2. The lowest BCUT2D eigenvalue weighted by molar-refractivity contribution is -0.384. The van der Waals surface area contributed by atoms with Gasteiger partial charge in [-0.05, 0) is 19.8 Å². The molecule has 0 atom stereocenters. The molecule has 0 amide bonds. The second kappa shape index (κ2) is 8.90. The van der Waals surface area contributed by atoms with Crippen molar-refractivity contribution in [2.75, 3.05) is 43.1 Å². The molecular weight excluding hydrogens is 380 g/mol. The Kier molecular flexibility index (Phi) is 6.85. The first kappa shape index (κ1) is 20.8. The van der Waals surface area contributed by atoms with Gasteiger partial charge in [0.25, 0.3) is 0 Å². The molecule has 0 saturated carbocycles. The van der Waals surface area contributed by atoms with Gasteiger partial charge in [0.05, 0.1) is 17.8 Å². The number of ether oxygens (including phenoxy) is 1. The van der Waals surface area contributed by atoms with Crippen molar-refractivity contribution in [3.8, 4) is 0 Å². The van der Waals surface area contributed by atoms with E-state index >= 15 is 0 Å². The minimum Gasteiger partial charge on any atom is -0.465 e. The third-order valence-electron chi connectivity index (χ3n) is 3.93. The van der Waals surface area contributed by atoms with Crippen molar-refractivity contribution in [1.82, 2.24) is 14.3 Å². The van der Waals surface area contributed by atoms with Gasteiger partial charge in [-0.25, -0.2) is 17.7 Å². The van der Waals surface area contributed by atoms with E-state index in [9.17, 15) is 23.3 Å². The maximum atomic E-state index is 11.5. The average molecular weight is 402 g/mol. The summed E-state index contributed by atoms with van der Waals surface area (Å²) in [5.41, 5.74) is -0.364. The Morgan fingerprint density at radius 2 is 2.11 bits per heavy atom. The van der Waals surface area contributed by atoms with Crippen LogP contribution in [0.3, 0.4) is 0 Å².